The van der Waals surface area contributed by atoms with Crippen molar-refractivity contribution in [2.24, 2.45) is 0 Å². The number of ether oxygens (including phenoxy) is 1. The summed E-state index contributed by atoms with van der Waals surface area (Å²) in [6.45, 7) is 4.79. The molecule has 2 aromatic heterocycles. The number of aryl methyl sites for hydroxylation is 2. The molecule has 2 heterocycles. The predicted octanol–water partition coefficient (Wildman–Crippen LogP) is 3.99. The molecule has 1 aromatic carbocycles. The Morgan fingerprint density at radius 3 is 2.70 bits per heavy atom. The van der Waals surface area contributed by atoms with Crippen molar-refractivity contribution >= 4 is 10.9 Å². The largest absolute Gasteiger partial charge is 0.470 e. The molecule has 0 saturated carbocycles. The Kier molecular flexibility index (Phi) is 4.55. The van der Waals surface area contributed by atoms with Gasteiger partial charge >= 0.3 is 0 Å². The molecule has 0 aliphatic rings. The second kappa shape index (κ2) is 6.77. The van der Waals surface area contributed by atoms with E-state index in [4.69, 9.17) is 4.74 Å². The summed E-state index contributed by atoms with van der Waals surface area (Å²) >= 11 is 0. The quantitative estimate of drug-likeness (QED) is 0.691. The second-order valence-electron chi connectivity index (χ2n) is 5.59. The molecule has 0 unspecified atom stereocenters. The van der Waals surface area contributed by atoms with Crippen molar-refractivity contribution in [1.29, 1.82) is 0 Å². The summed E-state index contributed by atoms with van der Waals surface area (Å²) in [4.78, 5) is 0. The van der Waals surface area contributed by atoms with Gasteiger partial charge in [-0.1, -0.05) is 30.3 Å². The van der Waals surface area contributed by atoms with Crippen LogP contribution in [0.1, 0.15) is 23.2 Å². The highest BCUT2D eigenvalue weighted by Crippen LogP contribution is 2.30. The normalized spacial score (nSPS) is 11.1. The number of rotatable bonds is 6. The van der Waals surface area contributed by atoms with Gasteiger partial charge in [0.2, 0.25) is 0 Å². The van der Waals surface area contributed by atoms with Gasteiger partial charge in [-0.25, -0.2) is 0 Å². The standard InChI is InChI=1S/C18H20FN3O/c1-13-14(2)22(10-6-9-19)17-16(13)11-20-21-18(17)23-12-15-7-4-3-5-8-15/h3-5,7-8,11H,6,9-10,12H2,1-2H3. The summed E-state index contributed by atoms with van der Waals surface area (Å²) in [5, 5.41) is 9.23. The third-order valence-electron chi connectivity index (χ3n) is 4.15. The van der Waals surface area contributed by atoms with E-state index in [1.807, 2.05) is 44.2 Å². The minimum Gasteiger partial charge on any atom is -0.470 e. The van der Waals surface area contributed by atoms with Crippen molar-refractivity contribution in [3.63, 3.8) is 0 Å². The topological polar surface area (TPSA) is 39.9 Å². The minimum absolute atomic E-state index is 0.336. The second-order valence-corrected chi connectivity index (χ2v) is 5.59. The number of hydrogen-bond acceptors (Lipinski definition) is 3. The van der Waals surface area contributed by atoms with Crippen LogP contribution < -0.4 is 4.74 Å². The van der Waals surface area contributed by atoms with Crippen molar-refractivity contribution < 1.29 is 9.13 Å². The molecule has 3 aromatic rings. The summed E-state index contributed by atoms with van der Waals surface area (Å²) in [6.07, 6.45) is 2.23. The first kappa shape index (κ1) is 15.5. The third kappa shape index (κ3) is 3.04. The average molecular weight is 313 g/mol. The van der Waals surface area contributed by atoms with Crippen LogP contribution in [0.5, 0.6) is 5.88 Å². The Morgan fingerprint density at radius 1 is 1.17 bits per heavy atom. The number of benzene rings is 1. The molecule has 23 heavy (non-hydrogen) atoms. The number of aromatic nitrogens is 3. The van der Waals surface area contributed by atoms with Gasteiger partial charge in [0.15, 0.2) is 0 Å². The van der Waals surface area contributed by atoms with Gasteiger partial charge in [0.05, 0.1) is 12.9 Å². The molecule has 0 aliphatic heterocycles. The molecule has 3 rings (SSSR count). The van der Waals surface area contributed by atoms with Crippen LogP contribution in [0.25, 0.3) is 10.9 Å². The molecule has 0 bridgehead atoms. The molecule has 0 amide bonds. The van der Waals surface area contributed by atoms with E-state index in [-0.39, 0.29) is 6.67 Å². The minimum atomic E-state index is -0.336. The maximum atomic E-state index is 12.6. The molecule has 0 aliphatic carbocycles. The lowest BCUT2D eigenvalue weighted by Gasteiger charge is -2.10. The SMILES string of the molecule is Cc1c(C)n(CCCF)c2c(OCc3ccccc3)nncc12. The highest BCUT2D eigenvalue weighted by atomic mass is 19.1. The summed E-state index contributed by atoms with van der Waals surface area (Å²) in [7, 11) is 0. The summed E-state index contributed by atoms with van der Waals surface area (Å²) in [6, 6.07) is 9.93. The van der Waals surface area contributed by atoms with Crippen LogP contribution in [-0.2, 0) is 13.2 Å². The number of hydrogen-bond donors (Lipinski definition) is 0. The van der Waals surface area contributed by atoms with Crippen LogP contribution in [-0.4, -0.2) is 21.4 Å². The zero-order chi connectivity index (χ0) is 16.2. The highest BCUT2D eigenvalue weighted by Gasteiger charge is 2.16. The number of nitrogens with zero attached hydrogens (tertiary/aromatic N) is 3. The van der Waals surface area contributed by atoms with E-state index in [0.29, 0.717) is 25.5 Å². The fourth-order valence-electron chi connectivity index (χ4n) is 2.78. The van der Waals surface area contributed by atoms with E-state index in [0.717, 1.165) is 27.7 Å². The van der Waals surface area contributed by atoms with Crippen molar-refractivity contribution in [1.82, 2.24) is 14.8 Å². The first-order valence-corrected chi connectivity index (χ1v) is 7.76. The summed E-state index contributed by atoms with van der Waals surface area (Å²) in [5.41, 5.74) is 4.21. The lowest BCUT2D eigenvalue weighted by atomic mass is 10.2. The number of halogens is 1. The van der Waals surface area contributed by atoms with Gasteiger partial charge < -0.3 is 9.30 Å². The first-order valence-electron chi connectivity index (χ1n) is 7.76. The molecule has 0 spiro atoms. The third-order valence-corrected chi connectivity index (χ3v) is 4.15. The zero-order valence-corrected chi connectivity index (χ0v) is 13.4. The van der Waals surface area contributed by atoms with Gasteiger partial charge in [-0.2, -0.15) is 5.10 Å². The Hall–Kier alpha value is -2.43. The van der Waals surface area contributed by atoms with Gasteiger partial charge in [0.25, 0.3) is 5.88 Å². The van der Waals surface area contributed by atoms with E-state index >= 15 is 0 Å². The van der Waals surface area contributed by atoms with E-state index in [1.165, 1.54) is 0 Å². The monoisotopic (exact) mass is 313 g/mol. The molecule has 0 fully saturated rings. The van der Waals surface area contributed by atoms with E-state index in [2.05, 4.69) is 14.8 Å². The lowest BCUT2D eigenvalue weighted by Crippen LogP contribution is -2.05. The van der Waals surface area contributed by atoms with Crippen LogP contribution in [0.15, 0.2) is 36.5 Å². The van der Waals surface area contributed by atoms with Crippen molar-refractivity contribution in [2.75, 3.05) is 6.67 Å². The van der Waals surface area contributed by atoms with Crippen molar-refractivity contribution in [3.05, 3.63) is 53.3 Å². The number of fused-ring (bicyclic) bond motifs is 1. The molecule has 0 N–H and O–H groups in total. The van der Waals surface area contributed by atoms with Gasteiger partial charge in [0, 0.05) is 17.6 Å². The molecule has 5 heteroatoms. The summed E-state index contributed by atoms with van der Waals surface area (Å²) < 4.78 is 20.6. The maximum Gasteiger partial charge on any atom is 0.258 e. The lowest BCUT2D eigenvalue weighted by molar-refractivity contribution is 0.292. The average Bonchev–Trinajstić information content (AvgIpc) is 2.84. The van der Waals surface area contributed by atoms with E-state index in [1.54, 1.807) is 6.20 Å². The highest BCUT2D eigenvalue weighted by molar-refractivity contribution is 5.88. The Morgan fingerprint density at radius 2 is 1.96 bits per heavy atom. The molecular weight excluding hydrogens is 293 g/mol. The van der Waals surface area contributed by atoms with E-state index < -0.39 is 0 Å². The fraction of sp³-hybridized carbons (Fsp3) is 0.333. The van der Waals surface area contributed by atoms with Gasteiger partial charge in [-0.15, -0.1) is 5.10 Å². The smallest absolute Gasteiger partial charge is 0.258 e. The fourth-order valence-corrected chi connectivity index (χ4v) is 2.78. The molecule has 0 saturated heterocycles. The van der Waals surface area contributed by atoms with Crippen LogP contribution in [0.4, 0.5) is 4.39 Å². The van der Waals surface area contributed by atoms with Crippen molar-refractivity contribution in [3.8, 4) is 5.88 Å². The molecule has 0 radical (unpaired) electrons. The van der Waals surface area contributed by atoms with Crippen LogP contribution in [0, 0.1) is 13.8 Å². The Balaban J connectivity index is 1.97. The van der Waals surface area contributed by atoms with Crippen molar-refractivity contribution in [2.45, 2.75) is 33.4 Å². The van der Waals surface area contributed by atoms with Crippen LogP contribution in [0.2, 0.25) is 0 Å². The maximum absolute atomic E-state index is 12.6. The number of alkyl halides is 1. The van der Waals surface area contributed by atoms with Gasteiger partial charge in [-0.3, -0.25) is 4.39 Å². The van der Waals surface area contributed by atoms with Gasteiger partial charge in [-0.05, 0) is 31.4 Å². The Bertz CT molecular complexity index is 799. The van der Waals surface area contributed by atoms with Crippen LogP contribution in [0.3, 0.4) is 0 Å². The summed E-state index contributed by atoms with van der Waals surface area (Å²) in [5.74, 6) is 0.501. The molecule has 4 nitrogen and oxygen atoms in total. The molecule has 0 atom stereocenters. The molecular formula is C18H20FN3O. The predicted molar refractivity (Wildman–Crippen MR) is 88.4 cm³/mol. The first-order chi connectivity index (χ1) is 11.2. The van der Waals surface area contributed by atoms with Gasteiger partial charge in [0.1, 0.15) is 12.1 Å². The van der Waals surface area contributed by atoms with E-state index in [9.17, 15) is 4.39 Å². The van der Waals surface area contributed by atoms with Crippen LogP contribution >= 0.6 is 0 Å². The zero-order valence-electron chi connectivity index (χ0n) is 13.4. The molecule has 120 valence electrons. The Labute approximate surface area is 134 Å².